The van der Waals surface area contributed by atoms with Crippen LogP contribution in [0.3, 0.4) is 0 Å². The van der Waals surface area contributed by atoms with Crippen LogP contribution in [0.2, 0.25) is 0 Å². The molecule has 0 atom stereocenters. The Morgan fingerprint density at radius 2 is 1.45 bits per heavy atom. The molecule has 0 saturated carbocycles. The highest BCUT2D eigenvalue weighted by molar-refractivity contribution is 6.06. The summed E-state index contributed by atoms with van der Waals surface area (Å²) in [6.45, 7) is 3.25. The van der Waals surface area contributed by atoms with E-state index in [1.54, 1.807) is 12.1 Å². The van der Waals surface area contributed by atoms with Gasteiger partial charge in [0.15, 0.2) is 23.1 Å². The number of ether oxygens (including phenoxy) is 2. The van der Waals surface area contributed by atoms with Crippen LogP contribution in [0, 0.1) is 10.1 Å². The zero-order chi connectivity index (χ0) is 30.6. The van der Waals surface area contributed by atoms with Crippen LogP contribution in [0.5, 0.6) is 11.5 Å². The second kappa shape index (κ2) is 12.9. The van der Waals surface area contributed by atoms with Crippen molar-refractivity contribution >= 4 is 17.3 Å². The molecule has 6 rings (SSSR count). The molecule has 2 aliphatic carbocycles. The molecule has 226 valence electrons. The Balaban J connectivity index is 1.36. The molecule has 0 fully saturated rings. The third kappa shape index (κ3) is 5.89. The van der Waals surface area contributed by atoms with Crippen molar-refractivity contribution in [2.45, 2.75) is 64.4 Å². The summed E-state index contributed by atoms with van der Waals surface area (Å²) in [5.74, 6) is 0.859. The van der Waals surface area contributed by atoms with E-state index in [1.165, 1.54) is 17.7 Å². The summed E-state index contributed by atoms with van der Waals surface area (Å²) in [5.41, 5.74) is 6.52. The van der Waals surface area contributed by atoms with Gasteiger partial charge in [-0.2, -0.15) is 0 Å². The smallest absolute Gasteiger partial charge is 0.269 e. The lowest BCUT2D eigenvalue weighted by Crippen LogP contribution is -2.39. The number of allylic oxidation sites excluding steroid dienone is 4. The van der Waals surface area contributed by atoms with Gasteiger partial charge in [-0.15, -0.1) is 0 Å². The number of Topliss-reactive ketones (excluding diaryl/α,β-unsaturated/α-hetero) is 2. The lowest BCUT2D eigenvalue weighted by molar-refractivity contribution is -0.384. The molecule has 8 heteroatoms. The van der Waals surface area contributed by atoms with Gasteiger partial charge in [-0.1, -0.05) is 36.4 Å². The number of benzene rings is 3. The van der Waals surface area contributed by atoms with E-state index in [2.05, 4.69) is 17.0 Å². The Kier molecular flexibility index (Phi) is 8.59. The molecule has 3 aromatic rings. The van der Waals surface area contributed by atoms with Crippen molar-refractivity contribution in [1.82, 2.24) is 4.90 Å². The van der Waals surface area contributed by atoms with Crippen molar-refractivity contribution in [3.63, 3.8) is 0 Å². The molecule has 0 unspecified atom stereocenters. The summed E-state index contributed by atoms with van der Waals surface area (Å²) in [6, 6.07) is 22.3. The van der Waals surface area contributed by atoms with Crippen LogP contribution in [0.1, 0.15) is 68.1 Å². The van der Waals surface area contributed by atoms with E-state index in [9.17, 15) is 19.7 Å². The topological polar surface area (TPSA) is 99.0 Å². The van der Waals surface area contributed by atoms with E-state index >= 15 is 0 Å². The fraction of sp³-hybridized carbons (Fsp3) is 0.333. The molecule has 8 nitrogen and oxygen atoms in total. The van der Waals surface area contributed by atoms with E-state index in [0.29, 0.717) is 30.9 Å². The van der Waals surface area contributed by atoms with Crippen LogP contribution < -0.4 is 9.47 Å². The van der Waals surface area contributed by atoms with Gasteiger partial charge < -0.3 is 14.4 Å². The highest BCUT2D eigenvalue weighted by Gasteiger charge is 2.43. The van der Waals surface area contributed by atoms with Crippen molar-refractivity contribution in [3.05, 3.63) is 122 Å². The Morgan fingerprint density at radius 3 is 2.07 bits per heavy atom. The highest BCUT2D eigenvalue weighted by atomic mass is 16.6. The lowest BCUT2D eigenvalue weighted by atomic mass is 9.71. The van der Waals surface area contributed by atoms with Gasteiger partial charge in [-0.3, -0.25) is 19.7 Å². The van der Waals surface area contributed by atoms with Crippen LogP contribution >= 0.6 is 0 Å². The normalized spacial score (nSPS) is 17.0. The summed E-state index contributed by atoms with van der Waals surface area (Å²) in [6.07, 6.45) is 5.03. The van der Waals surface area contributed by atoms with Crippen molar-refractivity contribution in [3.8, 4) is 11.5 Å². The van der Waals surface area contributed by atoms with E-state index in [0.717, 1.165) is 72.3 Å². The summed E-state index contributed by atoms with van der Waals surface area (Å²) >= 11 is 0. The van der Waals surface area contributed by atoms with Gasteiger partial charge in [0.25, 0.3) is 5.69 Å². The molecule has 0 saturated heterocycles. The van der Waals surface area contributed by atoms with Crippen LogP contribution in [0.4, 0.5) is 5.69 Å². The van der Waals surface area contributed by atoms with Crippen LogP contribution in [-0.4, -0.2) is 34.5 Å². The first-order valence-electron chi connectivity index (χ1n) is 15.4. The minimum Gasteiger partial charge on any atom is -0.490 e. The summed E-state index contributed by atoms with van der Waals surface area (Å²) < 4.78 is 12.1. The number of non-ortho nitro benzene ring substituents is 1. The van der Waals surface area contributed by atoms with E-state index < -0.39 is 10.8 Å². The number of hydrogen-bond acceptors (Lipinski definition) is 7. The zero-order valence-corrected chi connectivity index (χ0v) is 24.9. The Morgan fingerprint density at radius 1 is 0.795 bits per heavy atom. The van der Waals surface area contributed by atoms with Gasteiger partial charge in [0.2, 0.25) is 0 Å². The predicted octanol–water partition coefficient (Wildman–Crippen LogP) is 7.23. The van der Waals surface area contributed by atoms with Crippen molar-refractivity contribution in [2.75, 3.05) is 13.2 Å². The molecule has 1 aliphatic heterocycles. The predicted molar refractivity (Wildman–Crippen MR) is 166 cm³/mol. The monoisotopic (exact) mass is 592 g/mol. The number of ketones is 2. The average Bonchev–Trinajstić information content (AvgIpc) is 3.04. The second-order valence-electron chi connectivity index (χ2n) is 11.4. The molecule has 0 aromatic heterocycles. The van der Waals surface area contributed by atoms with Crippen molar-refractivity contribution in [2.24, 2.45) is 0 Å². The van der Waals surface area contributed by atoms with E-state index in [-0.39, 0.29) is 23.9 Å². The second-order valence-corrected chi connectivity index (χ2v) is 11.4. The summed E-state index contributed by atoms with van der Waals surface area (Å²) in [4.78, 5) is 40.3. The molecular weight excluding hydrogens is 556 g/mol. The third-order valence-electron chi connectivity index (χ3n) is 8.70. The number of nitrogens with zero attached hydrogens (tertiary/aromatic N) is 2. The van der Waals surface area contributed by atoms with Gasteiger partial charge in [-0.25, -0.2) is 0 Å². The largest absolute Gasteiger partial charge is 0.490 e. The minimum atomic E-state index is -0.434. The quantitative estimate of drug-likeness (QED) is 0.181. The Hall–Kier alpha value is -4.72. The van der Waals surface area contributed by atoms with E-state index in [4.69, 9.17) is 9.47 Å². The fourth-order valence-corrected chi connectivity index (χ4v) is 6.67. The van der Waals surface area contributed by atoms with Gasteiger partial charge >= 0.3 is 0 Å². The van der Waals surface area contributed by atoms with Gasteiger partial charge in [0, 0.05) is 60.0 Å². The molecule has 3 aromatic carbocycles. The first-order chi connectivity index (χ1) is 21.4. The SMILES string of the molecule is CCOc1cc(C2C3=C(CCCC3=O)N(CCc3ccccc3)C3=C2C(=O)CCC3)ccc1OCc1ccc([N+](=O)[O-])cc1. The lowest BCUT2D eigenvalue weighted by Gasteiger charge is -2.44. The Bertz CT molecular complexity index is 1600. The summed E-state index contributed by atoms with van der Waals surface area (Å²) in [7, 11) is 0. The highest BCUT2D eigenvalue weighted by Crippen LogP contribution is 2.50. The first-order valence-corrected chi connectivity index (χ1v) is 15.4. The third-order valence-corrected chi connectivity index (χ3v) is 8.70. The number of nitro benzene ring substituents is 1. The first kappa shape index (κ1) is 29.4. The van der Waals surface area contributed by atoms with Crippen molar-refractivity contribution < 1.29 is 24.0 Å². The summed E-state index contributed by atoms with van der Waals surface area (Å²) in [5, 5.41) is 11.0. The average molecular weight is 593 g/mol. The maximum Gasteiger partial charge on any atom is 0.269 e. The molecule has 0 spiro atoms. The number of carbonyl (C=O) groups excluding carboxylic acids is 2. The van der Waals surface area contributed by atoms with Gasteiger partial charge in [-0.05, 0) is 80.0 Å². The van der Waals surface area contributed by atoms with Crippen molar-refractivity contribution in [1.29, 1.82) is 0 Å². The molecule has 44 heavy (non-hydrogen) atoms. The number of hydrogen-bond donors (Lipinski definition) is 0. The Labute approximate surface area is 257 Å². The molecule has 3 aliphatic rings. The van der Waals surface area contributed by atoms with Crippen LogP contribution in [0.15, 0.2) is 95.3 Å². The molecule has 1 heterocycles. The standard InChI is InChI=1S/C36H36N2O6/c1-2-43-33-22-26(16-19-32(33)44-23-25-14-17-27(18-15-25)38(41)42)34-35-28(10-6-12-30(35)39)37(21-20-24-8-4-3-5-9-24)29-11-7-13-31(40)36(29)34/h3-5,8-9,14-19,22,34H,2,6-7,10-13,20-21,23H2,1H3. The fourth-order valence-electron chi connectivity index (χ4n) is 6.67. The maximum atomic E-state index is 13.7. The van der Waals surface area contributed by atoms with Gasteiger partial charge in [0.1, 0.15) is 6.61 Å². The molecule has 0 radical (unpaired) electrons. The number of rotatable bonds is 10. The van der Waals surface area contributed by atoms with Crippen LogP contribution in [0.25, 0.3) is 0 Å². The minimum absolute atomic E-state index is 0.0242. The molecule has 0 N–H and O–H groups in total. The van der Waals surface area contributed by atoms with Gasteiger partial charge in [0.05, 0.1) is 11.5 Å². The number of carbonyl (C=O) groups is 2. The molecular formula is C36H36N2O6. The number of nitro groups is 1. The van der Waals surface area contributed by atoms with Crippen LogP contribution in [-0.2, 0) is 22.6 Å². The maximum absolute atomic E-state index is 13.7. The van der Waals surface area contributed by atoms with E-state index in [1.807, 2.05) is 43.3 Å². The molecule has 0 bridgehead atoms. The zero-order valence-electron chi connectivity index (χ0n) is 24.9. The molecule has 0 amide bonds.